The predicted molar refractivity (Wildman–Crippen MR) is 139 cm³/mol. The summed E-state index contributed by atoms with van der Waals surface area (Å²) in [4.78, 5) is 14.6. The maximum Gasteiger partial charge on any atom is 0.232 e. The van der Waals surface area contributed by atoms with Gasteiger partial charge in [0.25, 0.3) is 0 Å². The Hall–Kier alpha value is -2.61. The highest BCUT2D eigenvalue weighted by molar-refractivity contribution is 7.80. The summed E-state index contributed by atoms with van der Waals surface area (Å²) in [5, 5.41) is 7.04. The van der Waals surface area contributed by atoms with E-state index in [0.717, 1.165) is 42.6 Å². The van der Waals surface area contributed by atoms with Gasteiger partial charge in [-0.1, -0.05) is 25.0 Å². The van der Waals surface area contributed by atoms with Gasteiger partial charge < -0.3 is 25.2 Å². The van der Waals surface area contributed by atoms with Crippen molar-refractivity contribution >= 4 is 34.9 Å². The second-order valence-corrected chi connectivity index (χ2v) is 9.41. The molecule has 0 amide bonds. The number of anilines is 3. The van der Waals surface area contributed by atoms with Gasteiger partial charge in [-0.3, -0.25) is 0 Å². The molecule has 3 heterocycles. The maximum absolute atomic E-state index is 5.57. The number of piperidine rings is 1. The maximum atomic E-state index is 5.57. The summed E-state index contributed by atoms with van der Waals surface area (Å²) in [5.74, 6) is 3.41. The van der Waals surface area contributed by atoms with Crippen molar-refractivity contribution in [2.24, 2.45) is 0 Å². The van der Waals surface area contributed by atoms with E-state index in [1.807, 2.05) is 24.3 Å². The molecule has 2 saturated heterocycles. The van der Waals surface area contributed by atoms with Gasteiger partial charge in [-0.2, -0.15) is 9.97 Å². The third-order valence-electron chi connectivity index (χ3n) is 6.56. The van der Waals surface area contributed by atoms with Gasteiger partial charge in [0.15, 0.2) is 5.11 Å². The number of aromatic nitrogens is 2. The molecule has 1 aromatic heterocycles. The number of nitrogens with zero attached hydrogens (tertiary/aromatic N) is 4. The Kier molecular flexibility index (Phi) is 8.20. The molecule has 0 spiro atoms. The molecule has 2 N–H and O–H groups in total. The number of hydrogen-bond acceptors (Lipinski definition) is 6. The lowest BCUT2D eigenvalue weighted by Gasteiger charge is -2.35. The first kappa shape index (κ1) is 23.5. The van der Waals surface area contributed by atoms with Crippen LogP contribution in [0.3, 0.4) is 0 Å². The predicted octanol–water partition coefficient (Wildman–Crippen LogP) is 4.73. The van der Waals surface area contributed by atoms with Crippen LogP contribution in [-0.2, 0) is 6.54 Å². The molecule has 2 aliphatic rings. The van der Waals surface area contributed by atoms with Gasteiger partial charge in [0.05, 0.1) is 7.11 Å². The van der Waals surface area contributed by atoms with E-state index in [9.17, 15) is 0 Å². The molecule has 2 aromatic rings. The number of methoxy groups -OCH3 is 1. The Morgan fingerprint density at radius 1 is 1.00 bits per heavy atom. The minimum Gasteiger partial charge on any atom is -0.497 e. The topological polar surface area (TPSA) is 65.6 Å². The summed E-state index contributed by atoms with van der Waals surface area (Å²) in [7, 11) is 1.67. The van der Waals surface area contributed by atoms with E-state index in [1.165, 1.54) is 44.9 Å². The minimum absolute atomic E-state index is 0.485. The zero-order valence-electron chi connectivity index (χ0n) is 19.8. The fourth-order valence-corrected chi connectivity index (χ4v) is 4.76. The largest absolute Gasteiger partial charge is 0.497 e. The fourth-order valence-electron chi connectivity index (χ4n) is 4.60. The molecule has 1 aromatic carbocycles. The molecule has 2 aliphatic heterocycles. The van der Waals surface area contributed by atoms with Crippen LogP contribution in [0.5, 0.6) is 5.75 Å². The summed E-state index contributed by atoms with van der Waals surface area (Å²) < 4.78 is 5.23. The summed E-state index contributed by atoms with van der Waals surface area (Å²) in [6.45, 7) is 6.05. The van der Waals surface area contributed by atoms with Gasteiger partial charge >= 0.3 is 0 Å². The van der Waals surface area contributed by atoms with E-state index in [2.05, 4.69) is 33.4 Å². The molecule has 0 aliphatic carbocycles. The molecule has 8 heteroatoms. The Morgan fingerprint density at radius 3 is 2.39 bits per heavy atom. The third kappa shape index (κ3) is 6.47. The number of hydrogen-bond donors (Lipinski definition) is 2. The molecule has 0 bridgehead atoms. The lowest BCUT2D eigenvalue weighted by Crippen LogP contribution is -2.38. The van der Waals surface area contributed by atoms with Crippen LogP contribution in [0, 0.1) is 0 Å². The second-order valence-electron chi connectivity index (χ2n) is 9.00. The van der Waals surface area contributed by atoms with E-state index in [4.69, 9.17) is 26.9 Å². The van der Waals surface area contributed by atoms with Gasteiger partial charge in [-0.15, -0.1) is 0 Å². The van der Waals surface area contributed by atoms with Gasteiger partial charge in [0.2, 0.25) is 5.95 Å². The van der Waals surface area contributed by atoms with Crippen molar-refractivity contribution in [3.05, 3.63) is 35.9 Å². The van der Waals surface area contributed by atoms with Crippen molar-refractivity contribution in [3.63, 3.8) is 0 Å². The van der Waals surface area contributed by atoms with Gasteiger partial charge in [0.1, 0.15) is 17.4 Å². The zero-order valence-corrected chi connectivity index (χ0v) is 20.7. The smallest absolute Gasteiger partial charge is 0.232 e. The van der Waals surface area contributed by atoms with Crippen LogP contribution >= 0.6 is 12.2 Å². The molecule has 2 fully saturated rings. The Morgan fingerprint density at radius 2 is 1.70 bits per heavy atom. The van der Waals surface area contributed by atoms with Crippen molar-refractivity contribution in [2.75, 3.05) is 41.9 Å². The Labute approximate surface area is 202 Å². The SMILES string of the molecule is COc1ccc(CNC(=S)Nc2nc(N3CCCCCC3)cc(N3CCCC[C@@H]3C)n2)cc1. The Balaban J connectivity index is 1.49. The van der Waals surface area contributed by atoms with Crippen molar-refractivity contribution in [3.8, 4) is 5.75 Å². The first-order chi connectivity index (χ1) is 16.1. The van der Waals surface area contributed by atoms with Crippen LogP contribution in [0.1, 0.15) is 57.4 Å². The molecule has 33 heavy (non-hydrogen) atoms. The average molecular weight is 469 g/mol. The highest BCUT2D eigenvalue weighted by Crippen LogP contribution is 2.28. The number of rotatable bonds is 6. The van der Waals surface area contributed by atoms with Crippen molar-refractivity contribution in [1.82, 2.24) is 15.3 Å². The molecular weight excluding hydrogens is 432 g/mol. The van der Waals surface area contributed by atoms with Gasteiger partial charge in [0, 0.05) is 38.3 Å². The average Bonchev–Trinajstić information content (AvgIpc) is 3.13. The van der Waals surface area contributed by atoms with Crippen molar-refractivity contribution in [2.45, 2.75) is 64.5 Å². The number of benzene rings is 1. The quantitative estimate of drug-likeness (QED) is 0.590. The van der Waals surface area contributed by atoms with Crippen LogP contribution in [0.2, 0.25) is 0 Å². The normalized spacial score (nSPS) is 19.0. The molecule has 1 atom stereocenters. The van der Waals surface area contributed by atoms with Crippen LogP contribution < -0.4 is 25.2 Å². The number of nitrogens with one attached hydrogen (secondary N) is 2. The van der Waals surface area contributed by atoms with E-state index < -0.39 is 0 Å². The van der Waals surface area contributed by atoms with Crippen LogP contribution in [-0.4, -0.2) is 47.9 Å². The van der Waals surface area contributed by atoms with Crippen LogP contribution in [0.25, 0.3) is 0 Å². The zero-order chi connectivity index (χ0) is 23.0. The summed E-state index contributed by atoms with van der Waals surface area (Å²) >= 11 is 5.57. The highest BCUT2D eigenvalue weighted by Gasteiger charge is 2.22. The van der Waals surface area contributed by atoms with Crippen molar-refractivity contribution in [1.29, 1.82) is 0 Å². The second kappa shape index (κ2) is 11.5. The Bertz CT molecular complexity index is 914. The first-order valence-electron chi connectivity index (χ1n) is 12.2. The van der Waals surface area contributed by atoms with Gasteiger partial charge in [-0.25, -0.2) is 0 Å². The minimum atomic E-state index is 0.485. The molecule has 0 saturated carbocycles. The molecule has 0 radical (unpaired) electrons. The summed E-state index contributed by atoms with van der Waals surface area (Å²) in [6.07, 6.45) is 8.70. The fraction of sp³-hybridized carbons (Fsp3) is 0.560. The molecule has 178 valence electrons. The third-order valence-corrected chi connectivity index (χ3v) is 6.81. The molecule has 0 unspecified atom stereocenters. The van der Waals surface area contributed by atoms with Crippen LogP contribution in [0.4, 0.5) is 17.6 Å². The monoisotopic (exact) mass is 468 g/mol. The van der Waals surface area contributed by atoms with E-state index in [0.29, 0.717) is 23.6 Å². The molecule has 7 nitrogen and oxygen atoms in total. The standard InChI is InChI=1S/C25H36N6OS/c1-19-9-5-8-16-31(19)23-17-22(30-14-6-3-4-7-15-30)27-24(28-23)29-25(33)26-18-20-10-12-21(32-2)13-11-20/h10-13,17,19H,3-9,14-16,18H2,1-2H3,(H2,26,27,28,29,33)/t19-/m0/s1. The molecular formula is C25H36N6OS. The van der Waals surface area contributed by atoms with Gasteiger partial charge in [-0.05, 0) is 68.9 Å². The lowest BCUT2D eigenvalue weighted by atomic mass is 10.0. The first-order valence-corrected chi connectivity index (χ1v) is 12.6. The summed E-state index contributed by atoms with van der Waals surface area (Å²) in [5.41, 5.74) is 1.13. The summed E-state index contributed by atoms with van der Waals surface area (Å²) in [6, 6.07) is 10.6. The van der Waals surface area contributed by atoms with E-state index >= 15 is 0 Å². The highest BCUT2D eigenvalue weighted by atomic mass is 32.1. The number of thiocarbonyl (C=S) groups is 1. The van der Waals surface area contributed by atoms with Crippen molar-refractivity contribution < 1.29 is 4.74 Å². The van der Waals surface area contributed by atoms with E-state index in [1.54, 1.807) is 7.11 Å². The lowest BCUT2D eigenvalue weighted by molar-refractivity contribution is 0.414. The number of ether oxygens (including phenoxy) is 1. The van der Waals surface area contributed by atoms with E-state index in [-0.39, 0.29) is 0 Å². The van der Waals surface area contributed by atoms with Crippen LogP contribution in [0.15, 0.2) is 30.3 Å². The molecule has 4 rings (SSSR count).